The second-order valence-electron chi connectivity index (χ2n) is 6.26. The number of aliphatic hydroxyl groups is 7. The highest BCUT2D eigenvalue weighted by Gasteiger charge is 2.50. The number of hydrogen-bond acceptors (Lipinski definition) is 11. The van der Waals surface area contributed by atoms with E-state index in [0.29, 0.717) is 0 Å². The summed E-state index contributed by atoms with van der Waals surface area (Å²) in [7, 11) is 0. The van der Waals surface area contributed by atoms with Crippen molar-refractivity contribution in [3.05, 3.63) is 0 Å². The summed E-state index contributed by atoms with van der Waals surface area (Å²) in [5.74, 6) is -0.564. The maximum absolute atomic E-state index is 11.2. The Morgan fingerprint density at radius 2 is 1.54 bits per heavy atom. The summed E-state index contributed by atoms with van der Waals surface area (Å²) in [5.41, 5.74) is 0. The van der Waals surface area contributed by atoms with Gasteiger partial charge in [0.25, 0.3) is 0 Å². The predicted molar refractivity (Wildman–Crippen MR) is 80.2 cm³/mol. The zero-order chi connectivity index (χ0) is 19.6. The van der Waals surface area contributed by atoms with E-state index in [1.165, 1.54) is 0 Å². The molecule has 12 nitrogen and oxygen atoms in total. The SMILES string of the molecule is CC(=O)NC1[C@H](O)O[C@H](CO)[C@@H](O[C@@H]2O[C@H](CO)[C@H](O)[C@H](O)[C@H]2O)[C@@H]1O. The van der Waals surface area contributed by atoms with E-state index in [1.807, 2.05) is 0 Å². The monoisotopic (exact) mass is 383 g/mol. The van der Waals surface area contributed by atoms with Crippen molar-refractivity contribution in [2.75, 3.05) is 13.2 Å². The van der Waals surface area contributed by atoms with Crippen LogP contribution < -0.4 is 5.32 Å². The van der Waals surface area contributed by atoms with Crippen molar-refractivity contribution < 1.29 is 54.8 Å². The van der Waals surface area contributed by atoms with E-state index >= 15 is 0 Å². The molecule has 2 fully saturated rings. The van der Waals surface area contributed by atoms with Crippen molar-refractivity contribution in [1.82, 2.24) is 5.32 Å². The Labute approximate surface area is 148 Å². The van der Waals surface area contributed by atoms with Crippen molar-refractivity contribution in [2.45, 2.75) is 68.3 Å². The molecule has 0 aromatic rings. The van der Waals surface area contributed by atoms with Crippen molar-refractivity contribution in [1.29, 1.82) is 0 Å². The van der Waals surface area contributed by atoms with Gasteiger partial charge in [-0.25, -0.2) is 0 Å². The molecule has 2 saturated heterocycles. The van der Waals surface area contributed by atoms with Crippen molar-refractivity contribution in [3.63, 3.8) is 0 Å². The van der Waals surface area contributed by atoms with Gasteiger partial charge in [0.05, 0.1) is 13.2 Å². The van der Waals surface area contributed by atoms with Crippen LogP contribution in [0.5, 0.6) is 0 Å². The highest BCUT2D eigenvalue weighted by Crippen LogP contribution is 2.28. The summed E-state index contributed by atoms with van der Waals surface area (Å²) in [6.07, 6.45) is -13.6. The molecule has 0 radical (unpaired) electrons. The minimum Gasteiger partial charge on any atom is -0.394 e. The minimum absolute atomic E-state index is 0.564. The molecule has 0 aromatic heterocycles. The van der Waals surface area contributed by atoms with Crippen LogP contribution in [0.2, 0.25) is 0 Å². The van der Waals surface area contributed by atoms with Gasteiger partial charge in [0.15, 0.2) is 12.6 Å². The quantitative estimate of drug-likeness (QED) is 0.226. The molecular weight excluding hydrogens is 358 g/mol. The lowest BCUT2D eigenvalue weighted by molar-refractivity contribution is -0.345. The first kappa shape index (κ1) is 21.4. The summed E-state index contributed by atoms with van der Waals surface area (Å²) < 4.78 is 15.7. The van der Waals surface area contributed by atoms with Crippen LogP contribution >= 0.6 is 0 Å². The number of amides is 1. The number of ether oxygens (including phenoxy) is 3. The molecule has 2 rings (SSSR count). The molecule has 0 saturated carbocycles. The Morgan fingerprint density at radius 3 is 2.08 bits per heavy atom. The van der Waals surface area contributed by atoms with E-state index in [0.717, 1.165) is 6.92 Å². The van der Waals surface area contributed by atoms with Crippen molar-refractivity contribution >= 4 is 5.91 Å². The zero-order valence-electron chi connectivity index (χ0n) is 14.0. The normalized spacial score (nSPS) is 46.8. The highest BCUT2D eigenvalue weighted by atomic mass is 16.7. The molecular formula is C14H25NO11. The van der Waals surface area contributed by atoms with Gasteiger partial charge >= 0.3 is 0 Å². The lowest BCUT2D eigenvalue weighted by atomic mass is 9.95. The molecule has 12 heteroatoms. The molecule has 2 heterocycles. The molecule has 0 aromatic carbocycles. The largest absolute Gasteiger partial charge is 0.394 e. The van der Waals surface area contributed by atoms with Crippen LogP contribution in [-0.4, -0.2) is 116 Å². The Kier molecular flexibility index (Phi) is 7.27. The van der Waals surface area contributed by atoms with Crippen molar-refractivity contribution in [3.8, 4) is 0 Å². The van der Waals surface area contributed by atoms with E-state index in [4.69, 9.17) is 14.2 Å². The van der Waals surface area contributed by atoms with E-state index in [1.54, 1.807) is 0 Å². The van der Waals surface area contributed by atoms with Gasteiger partial charge in [-0.15, -0.1) is 0 Å². The van der Waals surface area contributed by atoms with Crippen LogP contribution in [0, 0.1) is 0 Å². The average Bonchev–Trinajstić information content (AvgIpc) is 2.60. The van der Waals surface area contributed by atoms with Crippen LogP contribution in [0.3, 0.4) is 0 Å². The minimum atomic E-state index is -1.73. The third-order valence-electron chi connectivity index (χ3n) is 4.38. The van der Waals surface area contributed by atoms with Gasteiger partial charge in [0, 0.05) is 6.92 Å². The number of nitrogens with one attached hydrogen (secondary N) is 1. The summed E-state index contributed by atoms with van der Waals surface area (Å²) in [6.45, 7) is -0.195. The van der Waals surface area contributed by atoms with Gasteiger partial charge in [-0.3, -0.25) is 4.79 Å². The first-order chi connectivity index (χ1) is 12.2. The van der Waals surface area contributed by atoms with Crippen molar-refractivity contribution in [2.24, 2.45) is 0 Å². The van der Waals surface area contributed by atoms with Gasteiger partial charge in [-0.1, -0.05) is 0 Å². The van der Waals surface area contributed by atoms with Gasteiger partial charge in [0.2, 0.25) is 5.91 Å². The van der Waals surface area contributed by atoms with Gasteiger partial charge in [0.1, 0.15) is 48.8 Å². The summed E-state index contributed by atoms with van der Waals surface area (Å²) in [4.78, 5) is 11.2. The molecule has 0 aliphatic carbocycles. The second kappa shape index (κ2) is 8.84. The molecule has 10 atom stereocenters. The first-order valence-electron chi connectivity index (χ1n) is 8.06. The summed E-state index contributed by atoms with van der Waals surface area (Å²) in [6, 6.07) is -1.29. The predicted octanol–water partition coefficient (Wildman–Crippen LogP) is -5.25. The maximum Gasteiger partial charge on any atom is 0.217 e. The third kappa shape index (κ3) is 4.31. The van der Waals surface area contributed by atoms with E-state index in [-0.39, 0.29) is 0 Å². The van der Waals surface area contributed by atoms with Crippen LogP contribution in [0.15, 0.2) is 0 Å². The first-order valence-corrected chi connectivity index (χ1v) is 8.06. The van der Waals surface area contributed by atoms with E-state index in [9.17, 15) is 40.5 Å². The Morgan fingerprint density at radius 1 is 0.923 bits per heavy atom. The second-order valence-corrected chi connectivity index (χ2v) is 6.26. The lowest BCUT2D eigenvalue weighted by Gasteiger charge is -2.46. The summed E-state index contributed by atoms with van der Waals surface area (Å²) >= 11 is 0. The number of hydrogen-bond donors (Lipinski definition) is 8. The number of aliphatic hydroxyl groups excluding tert-OH is 7. The molecule has 0 spiro atoms. The molecule has 0 bridgehead atoms. The zero-order valence-corrected chi connectivity index (χ0v) is 14.0. The topological polar surface area (TPSA) is 198 Å². The van der Waals surface area contributed by atoms with Gasteiger partial charge < -0.3 is 55.3 Å². The van der Waals surface area contributed by atoms with Crippen LogP contribution in [0.25, 0.3) is 0 Å². The van der Waals surface area contributed by atoms with Gasteiger partial charge in [-0.05, 0) is 0 Å². The lowest BCUT2D eigenvalue weighted by Crippen LogP contribution is -2.67. The highest BCUT2D eigenvalue weighted by molar-refractivity contribution is 5.73. The van der Waals surface area contributed by atoms with Crippen LogP contribution in [-0.2, 0) is 19.0 Å². The maximum atomic E-state index is 11.2. The standard InChI is InChI=1S/C14H25NO11/c1-4(18)15-7-9(20)12(6(3-17)24-13(7)23)26-14-11(22)10(21)8(19)5(2-16)25-14/h5-14,16-17,19-23H,2-3H2,1H3,(H,15,18)/t5-,6-,7?,8+,9-,10+,11-,12-,13-,14+/m1/s1. The Bertz CT molecular complexity index is 478. The molecule has 2 aliphatic heterocycles. The number of carbonyl (C=O) groups excluding carboxylic acids is 1. The Balaban J connectivity index is 2.16. The average molecular weight is 383 g/mol. The van der Waals surface area contributed by atoms with Gasteiger partial charge in [-0.2, -0.15) is 0 Å². The fraction of sp³-hybridized carbons (Fsp3) is 0.929. The Hall–Kier alpha value is -0.930. The molecule has 8 N–H and O–H groups in total. The number of rotatable bonds is 5. The molecule has 26 heavy (non-hydrogen) atoms. The summed E-state index contributed by atoms with van der Waals surface area (Å²) in [5, 5.41) is 70.7. The molecule has 1 unspecified atom stereocenters. The molecule has 152 valence electrons. The fourth-order valence-corrected chi connectivity index (χ4v) is 2.98. The smallest absolute Gasteiger partial charge is 0.217 e. The van der Waals surface area contributed by atoms with E-state index < -0.39 is 80.5 Å². The molecule has 2 aliphatic rings. The third-order valence-corrected chi connectivity index (χ3v) is 4.38. The molecule has 1 amide bonds. The van der Waals surface area contributed by atoms with Crippen LogP contribution in [0.1, 0.15) is 6.92 Å². The number of carbonyl (C=O) groups is 1. The van der Waals surface area contributed by atoms with Crippen LogP contribution in [0.4, 0.5) is 0 Å². The fourth-order valence-electron chi connectivity index (χ4n) is 2.98. The van der Waals surface area contributed by atoms with E-state index in [2.05, 4.69) is 5.32 Å².